The molecule has 0 saturated carbocycles. The van der Waals surface area contributed by atoms with Crippen LogP contribution in [-0.4, -0.2) is 46.9 Å². The molecule has 2 aromatic carbocycles. The SMILES string of the molecule is CN1CCCC1CCOc1ccc2[nH]c(C(=O)N3Cc4ccccc4C3)cc2c1. The van der Waals surface area contributed by atoms with Gasteiger partial charge < -0.3 is 19.5 Å². The van der Waals surface area contributed by atoms with Gasteiger partial charge in [0.05, 0.1) is 6.61 Å². The lowest BCUT2D eigenvalue weighted by atomic mass is 10.1. The molecular weight excluding hydrogens is 362 g/mol. The van der Waals surface area contributed by atoms with Gasteiger partial charge in [-0.3, -0.25) is 4.79 Å². The van der Waals surface area contributed by atoms with Gasteiger partial charge in [0.2, 0.25) is 0 Å². The Balaban J connectivity index is 1.25. The Morgan fingerprint density at radius 3 is 2.66 bits per heavy atom. The van der Waals surface area contributed by atoms with Crippen LogP contribution in [0.5, 0.6) is 5.75 Å². The Morgan fingerprint density at radius 1 is 1.14 bits per heavy atom. The summed E-state index contributed by atoms with van der Waals surface area (Å²) in [7, 11) is 2.20. The summed E-state index contributed by atoms with van der Waals surface area (Å²) in [6.07, 6.45) is 3.61. The van der Waals surface area contributed by atoms with Crippen LogP contribution in [0.25, 0.3) is 10.9 Å². The molecule has 0 spiro atoms. The highest BCUT2D eigenvalue weighted by molar-refractivity contribution is 5.98. The summed E-state index contributed by atoms with van der Waals surface area (Å²) in [4.78, 5) is 20.6. The first-order valence-electron chi connectivity index (χ1n) is 10.5. The average Bonchev–Trinajstić information content (AvgIpc) is 3.45. The van der Waals surface area contributed by atoms with Gasteiger partial charge in [0.25, 0.3) is 5.91 Å². The van der Waals surface area contributed by atoms with Crippen molar-refractivity contribution in [3.05, 3.63) is 65.4 Å². The number of fused-ring (bicyclic) bond motifs is 2. The third kappa shape index (κ3) is 3.62. The number of benzene rings is 2. The smallest absolute Gasteiger partial charge is 0.270 e. The molecule has 1 aromatic heterocycles. The van der Waals surface area contributed by atoms with E-state index in [0.717, 1.165) is 29.7 Å². The molecule has 1 unspecified atom stereocenters. The zero-order valence-corrected chi connectivity index (χ0v) is 16.9. The second-order valence-electron chi connectivity index (χ2n) is 8.28. The number of aromatic nitrogens is 1. The van der Waals surface area contributed by atoms with Gasteiger partial charge in [0.1, 0.15) is 11.4 Å². The molecule has 1 atom stereocenters. The second-order valence-corrected chi connectivity index (χ2v) is 8.28. The van der Waals surface area contributed by atoms with Crippen LogP contribution < -0.4 is 4.74 Å². The van der Waals surface area contributed by atoms with Crippen LogP contribution in [0, 0.1) is 0 Å². The molecule has 1 saturated heterocycles. The molecule has 3 aromatic rings. The fourth-order valence-electron chi connectivity index (χ4n) is 4.62. The summed E-state index contributed by atoms with van der Waals surface area (Å²) in [6, 6.07) is 16.8. The van der Waals surface area contributed by atoms with E-state index >= 15 is 0 Å². The summed E-state index contributed by atoms with van der Waals surface area (Å²) in [6.45, 7) is 3.27. The summed E-state index contributed by atoms with van der Waals surface area (Å²) in [5.41, 5.74) is 4.08. The first kappa shape index (κ1) is 18.3. The minimum atomic E-state index is 0.0455. The monoisotopic (exact) mass is 389 g/mol. The third-order valence-corrected chi connectivity index (χ3v) is 6.34. The van der Waals surface area contributed by atoms with Crippen LogP contribution in [0.3, 0.4) is 0 Å². The van der Waals surface area contributed by atoms with E-state index in [1.165, 1.54) is 30.5 Å². The topological polar surface area (TPSA) is 48.6 Å². The van der Waals surface area contributed by atoms with Crippen LogP contribution >= 0.6 is 0 Å². The lowest BCUT2D eigenvalue weighted by Crippen LogP contribution is -2.26. The van der Waals surface area contributed by atoms with Crippen LogP contribution in [0.15, 0.2) is 48.5 Å². The van der Waals surface area contributed by atoms with Gasteiger partial charge in [-0.1, -0.05) is 24.3 Å². The highest BCUT2D eigenvalue weighted by Gasteiger charge is 2.25. The number of H-pyrrole nitrogens is 1. The molecule has 1 amide bonds. The molecule has 2 aliphatic rings. The number of nitrogens with zero attached hydrogens (tertiary/aromatic N) is 2. The van der Waals surface area contributed by atoms with Crippen LogP contribution in [-0.2, 0) is 13.1 Å². The lowest BCUT2D eigenvalue weighted by molar-refractivity contribution is 0.0746. The predicted octanol–water partition coefficient (Wildman–Crippen LogP) is 4.19. The minimum Gasteiger partial charge on any atom is -0.494 e. The fourth-order valence-corrected chi connectivity index (χ4v) is 4.62. The number of amides is 1. The van der Waals surface area contributed by atoms with Gasteiger partial charge >= 0.3 is 0 Å². The molecule has 2 aliphatic heterocycles. The molecule has 5 rings (SSSR count). The van der Waals surface area contributed by atoms with Gasteiger partial charge in [-0.15, -0.1) is 0 Å². The minimum absolute atomic E-state index is 0.0455. The van der Waals surface area contributed by atoms with Crippen molar-refractivity contribution < 1.29 is 9.53 Å². The van der Waals surface area contributed by atoms with E-state index in [0.29, 0.717) is 24.8 Å². The molecule has 0 bridgehead atoms. The van der Waals surface area contributed by atoms with Crippen molar-refractivity contribution in [2.45, 2.75) is 38.4 Å². The number of hydrogen-bond acceptors (Lipinski definition) is 3. The second kappa shape index (κ2) is 7.56. The van der Waals surface area contributed by atoms with Crippen molar-refractivity contribution in [2.24, 2.45) is 0 Å². The van der Waals surface area contributed by atoms with E-state index in [-0.39, 0.29) is 5.91 Å². The summed E-state index contributed by atoms with van der Waals surface area (Å²) in [5, 5.41) is 1.01. The third-order valence-electron chi connectivity index (χ3n) is 6.34. The number of ether oxygens (including phenoxy) is 1. The quantitative estimate of drug-likeness (QED) is 0.712. The standard InChI is InChI=1S/C24H27N3O2/c1-26-11-4-7-20(26)10-12-29-21-8-9-22-19(13-21)14-23(25-22)24(28)27-15-17-5-2-3-6-18(17)16-27/h2-3,5-6,8-9,13-14,20,25H,4,7,10-12,15-16H2,1H3. The summed E-state index contributed by atoms with van der Waals surface area (Å²) < 4.78 is 6.00. The molecule has 1 fully saturated rings. The molecule has 1 N–H and O–H groups in total. The number of nitrogens with one attached hydrogen (secondary N) is 1. The molecule has 5 nitrogen and oxygen atoms in total. The van der Waals surface area contributed by atoms with Crippen molar-refractivity contribution in [1.29, 1.82) is 0 Å². The number of rotatable bonds is 5. The fraction of sp³-hybridized carbons (Fsp3) is 0.375. The summed E-state index contributed by atoms with van der Waals surface area (Å²) >= 11 is 0. The van der Waals surface area contributed by atoms with E-state index < -0.39 is 0 Å². The van der Waals surface area contributed by atoms with Gasteiger partial charge in [0.15, 0.2) is 0 Å². The number of carbonyl (C=O) groups excluding carboxylic acids is 1. The Bertz CT molecular complexity index is 1020. The van der Waals surface area contributed by atoms with Crippen LogP contribution in [0.2, 0.25) is 0 Å². The maximum absolute atomic E-state index is 13.0. The Labute approximate surface area is 171 Å². The zero-order chi connectivity index (χ0) is 19.8. The van der Waals surface area contributed by atoms with E-state index in [2.05, 4.69) is 29.1 Å². The normalized spacial score (nSPS) is 19.1. The Kier molecular flexibility index (Phi) is 4.76. The Hall–Kier alpha value is -2.79. The predicted molar refractivity (Wildman–Crippen MR) is 114 cm³/mol. The molecule has 0 aliphatic carbocycles. The average molecular weight is 389 g/mol. The Morgan fingerprint density at radius 2 is 1.93 bits per heavy atom. The van der Waals surface area contributed by atoms with Gasteiger partial charge in [0, 0.05) is 30.0 Å². The van der Waals surface area contributed by atoms with Gasteiger partial charge in [-0.05, 0) is 68.2 Å². The maximum atomic E-state index is 13.0. The number of aromatic amines is 1. The van der Waals surface area contributed by atoms with Gasteiger partial charge in [-0.25, -0.2) is 0 Å². The number of hydrogen-bond donors (Lipinski definition) is 1. The molecular formula is C24H27N3O2. The van der Waals surface area contributed by atoms with Crippen LogP contribution in [0.4, 0.5) is 0 Å². The highest BCUT2D eigenvalue weighted by atomic mass is 16.5. The van der Waals surface area contributed by atoms with Crippen molar-refractivity contribution in [3.8, 4) is 5.75 Å². The first-order chi connectivity index (χ1) is 14.2. The largest absolute Gasteiger partial charge is 0.494 e. The molecule has 5 heteroatoms. The van der Waals surface area contributed by atoms with E-state index in [4.69, 9.17) is 4.74 Å². The van der Waals surface area contributed by atoms with Crippen molar-refractivity contribution in [3.63, 3.8) is 0 Å². The van der Waals surface area contributed by atoms with Gasteiger partial charge in [-0.2, -0.15) is 0 Å². The molecule has 29 heavy (non-hydrogen) atoms. The van der Waals surface area contributed by atoms with Crippen molar-refractivity contribution in [1.82, 2.24) is 14.8 Å². The maximum Gasteiger partial charge on any atom is 0.270 e. The highest BCUT2D eigenvalue weighted by Crippen LogP contribution is 2.27. The molecule has 150 valence electrons. The van der Waals surface area contributed by atoms with Crippen molar-refractivity contribution in [2.75, 3.05) is 20.2 Å². The van der Waals surface area contributed by atoms with E-state index in [1.807, 2.05) is 41.3 Å². The van der Waals surface area contributed by atoms with Crippen molar-refractivity contribution >= 4 is 16.8 Å². The van der Waals surface area contributed by atoms with Crippen LogP contribution in [0.1, 0.15) is 40.9 Å². The van der Waals surface area contributed by atoms with E-state index in [9.17, 15) is 4.79 Å². The molecule has 0 radical (unpaired) electrons. The number of likely N-dealkylation sites (tertiary alicyclic amines) is 1. The van der Waals surface area contributed by atoms with E-state index in [1.54, 1.807) is 0 Å². The number of carbonyl (C=O) groups is 1. The lowest BCUT2D eigenvalue weighted by Gasteiger charge is -2.19. The molecule has 3 heterocycles. The zero-order valence-electron chi connectivity index (χ0n) is 16.9. The first-order valence-corrected chi connectivity index (χ1v) is 10.5. The summed E-state index contributed by atoms with van der Waals surface area (Å²) in [5.74, 6) is 0.911.